The van der Waals surface area contributed by atoms with Crippen molar-refractivity contribution in [2.75, 3.05) is 0 Å². The SMILES string of the molecule is FC1(F)C[C@@H]1[C@H]1C[C@@]2(Cl)C(Cl)=C(Cl)[C@@]1(Cl)C2(Cl)Cl. The second-order valence-electron chi connectivity index (χ2n) is 5.10. The van der Waals surface area contributed by atoms with Gasteiger partial charge in [-0.1, -0.05) is 46.4 Å². The molecular formula is C10H6Cl6F2. The van der Waals surface area contributed by atoms with Crippen LogP contribution >= 0.6 is 69.6 Å². The van der Waals surface area contributed by atoms with Gasteiger partial charge in [0.05, 0.1) is 10.1 Å². The molecule has 3 rings (SSSR count). The molecule has 3 aliphatic carbocycles. The number of rotatable bonds is 1. The monoisotopic (exact) mass is 374 g/mol. The molecule has 102 valence electrons. The Labute approximate surface area is 132 Å². The molecule has 3 aliphatic rings. The zero-order valence-electron chi connectivity index (χ0n) is 8.59. The highest BCUT2D eigenvalue weighted by molar-refractivity contribution is 6.65. The summed E-state index contributed by atoms with van der Waals surface area (Å²) in [5.41, 5.74) is 0. The van der Waals surface area contributed by atoms with Crippen molar-refractivity contribution >= 4 is 69.6 Å². The average Bonchev–Trinajstić information content (AvgIpc) is 2.82. The molecule has 0 saturated heterocycles. The van der Waals surface area contributed by atoms with Crippen LogP contribution in [0.1, 0.15) is 12.8 Å². The molecule has 2 bridgehead atoms. The largest absolute Gasteiger partial charge is 0.252 e. The van der Waals surface area contributed by atoms with Gasteiger partial charge in [0.25, 0.3) is 5.92 Å². The molecule has 0 radical (unpaired) electrons. The molecule has 0 heterocycles. The molecule has 18 heavy (non-hydrogen) atoms. The first kappa shape index (κ1) is 14.3. The Kier molecular flexibility index (Phi) is 2.83. The van der Waals surface area contributed by atoms with Crippen LogP contribution in [0.15, 0.2) is 10.1 Å². The van der Waals surface area contributed by atoms with E-state index < -0.39 is 31.8 Å². The number of halogens is 8. The van der Waals surface area contributed by atoms with Gasteiger partial charge < -0.3 is 0 Å². The highest BCUT2D eigenvalue weighted by Gasteiger charge is 2.82. The van der Waals surface area contributed by atoms with E-state index in [1.807, 2.05) is 0 Å². The van der Waals surface area contributed by atoms with Crippen molar-refractivity contribution in [3.05, 3.63) is 10.1 Å². The van der Waals surface area contributed by atoms with Gasteiger partial charge in [-0.15, -0.1) is 23.2 Å². The third-order valence-electron chi connectivity index (χ3n) is 4.19. The van der Waals surface area contributed by atoms with Crippen molar-refractivity contribution in [1.29, 1.82) is 0 Å². The normalized spacial score (nSPS) is 52.0. The lowest BCUT2D eigenvalue weighted by molar-refractivity contribution is 0.0820. The molecule has 0 spiro atoms. The Bertz CT molecular complexity index is 475. The second-order valence-corrected chi connectivity index (χ2v) is 8.42. The fraction of sp³-hybridized carbons (Fsp3) is 0.800. The van der Waals surface area contributed by atoms with Crippen molar-refractivity contribution < 1.29 is 8.78 Å². The van der Waals surface area contributed by atoms with Gasteiger partial charge in [-0.05, 0) is 12.3 Å². The van der Waals surface area contributed by atoms with E-state index in [1.165, 1.54) is 0 Å². The fourth-order valence-corrected chi connectivity index (χ4v) is 5.90. The maximum absolute atomic E-state index is 13.3. The van der Waals surface area contributed by atoms with Gasteiger partial charge in [-0.25, -0.2) is 8.78 Å². The minimum absolute atomic E-state index is 0.00946. The number of hydrogen-bond acceptors (Lipinski definition) is 0. The van der Waals surface area contributed by atoms with Gasteiger partial charge in [0.1, 0.15) is 9.75 Å². The molecule has 0 aromatic carbocycles. The molecule has 0 amide bonds. The van der Waals surface area contributed by atoms with Crippen LogP contribution in [-0.4, -0.2) is 20.0 Å². The summed E-state index contributed by atoms with van der Waals surface area (Å²) in [6.07, 6.45) is -0.148. The topological polar surface area (TPSA) is 0 Å². The Morgan fingerprint density at radius 3 is 1.72 bits per heavy atom. The lowest BCUT2D eigenvalue weighted by atomic mass is 9.87. The highest BCUT2D eigenvalue weighted by atomic mass is 35.5. The molecule has 2 fully saturated rings. The quantitative estimate of drug-likeness (QED) is 0.530. The van der Waals surface area contributed by atoms with Crippen LogP contribution in [0, 0.1) is 11.8 Å². The van der Waals surface area contributed by atoms with Gasteiger partial charge in [0.15, 0.2) is 4.33 Å². The summed E-state index contributed by atoms with van der Waals surface area (Å²) < 4.78 is 24.8. The summed E-state index contributed by atoms with van der Waals surface area (Å²) in [6, 6.07) is 0. The van der Waals surface area contributed by atoms with Crippen molar-refractivity contribution in [1.82, 2.24) is 0 Å². The Morgan fingerprint density at radius 1 is 0.889 bits per heavy atom. The molecule has 0 unspecified atom stereocenters. The van der Waals surface area contributed by atoms with E-state index in [-0.39, 0.29) is 22.9 Å². The van der Waals surface area contributed by atoms with Gasteiger partial charge in [-0.3, -0.25) is 0 Å². The van der Waals surface area contributed by atoms with Gasteiger partial charge in [0.2, 0.25) is 0 Å². The van der Waals surface area contributed by atoms with E-state index >= 15 is 0 Å². The smallest absolute Gasteiger partial charge is 0.207 e. The number of allylic oxidation sites excluding steroid dienone is 2. The molecule has 4 atom stereocenters. The van der Waals surface area contributed by atoms with Crippen LogP contribution in [0.3, 0.4) is 0 Å². The fourth-order valence-electron chi connectivity index (χ4n) is 3.05. The lowest BCUT2D eigenvalue weighted by Crippen LogP contribution is -2.44. The average molecular weight is 377 g/mol. The van der Waals surface area contributed by atoms with E-state index in [2.05, 4.69) is 0 Å². The zero-order chi connectivity index (χ0) is 13.7. The summed E-state index contributed by atoms with van der Waals surface area (Å²) in [6.45, 7) is 0. The van der Waals surface area contributed by atoms with E-state index in [0.717, 1.165) is 0 Å². The van der Waals surface area contributed by atoms with Gasteiger partial charge in [0, 0.05) is 12.3 Å². The first-order valence-corrected chi connectivity index (χ1v) is 7.46. The molecule has 0 aliphatic heterocycles. The number of alkyl halides is 6. The van der Waals surface area contributed by atoms with Crippen LogP contribution in [0.4, 0.5) is 8.78 Å². The molecule has 0 nitrogen and oxygen atoms in total. The first-order chi connectivity index (χ1) is 8.00. The standard InChI is InChI=1S/C10H6Cl6F2/c11-5-6(12)9(14)4(3-2-8(3,17)18)1-7(5,13)10(9,15)16/h3-4H,1-2H2/t3-,4-,7-,9-/m1/s1. The Morgan fingerprint density at radius 2 is 1.39 bits per heavy atom. The zero-order valence-corrected chi connectivity index (χ0v) is 13.1. The predicted molar refractivity (Wildman–Crippen MR) is 71.5 cm³/mol. The van der Waals surface area contributed by atoms with Crippen LogP contribution in [0.25, 0.3) is 0 Å². The molecule has 0 aromatic heterocycles. The molecule has 0 aromatic rings. The van der Waals surface area contributed by atoms with Crippen LogP contribution in [0.5, 0.6) is 0 Å². The molecular weight excluding hydrogens is 371 g/mol. The Hall–Kier alpha value is 1.34. The Balaban J connectivity index is 2.11. The van der Waals surface area contributed by atoms with Crippen LogP contribution < -0.4 is 0 Å². The maximum atomic E-state index is 13.3. The van der Waals surface area contributed by atoms with E-state index in [9.17, 15) is 8.78 Å². The minimum Gasteiger partial charge on any atom is -0.207 e. The van der Waals surface area contributed by atoms with Crippen molar-refractivity contribution in [2.24, 2.45) is 11.8 Å². The molecule has 2 saturated carbocycles. The predicted octanol–water partition coefficient (Wildman–Crippen LogP) is 5.49. The van der Waals surface area contributed by atoms with E-state index in [1.54, 1.807) is 0 Å². The summed E-state index contributed by atoms with van der Waals surface area (Å²) in [7, 11) is 0. The van der Waals surface area contributed by atoms with Gasteiger partial charge >= 0.3 is 0 Å². The van der Waals surface area contributed by atoms with E-state index in [4.69, 9.17) is 69.6 Å². The molecule has 8 heteroatoms. The number of fused-ring (bicyclic) bond motifs is 2. The summed E-state index contributed by atoms with van der Waals surface area (Å²) in [4.78, 5) is -2.93. The minimum atomic E-state index is -2.75. The first-order valence-electron chi connectivity index (χ1n) is 5.20. The third kappa shape index (κ3) is 1.31. The third-order valence-corrected chi connectivity index (χ3v) is 8.48. The van der Waals surface area contributed by atoms with E-state index in [0.29, 0.717) is 0 Å². The van der Waals surface area contributed by atoms with Crippen LogP contribution in [-0.2, 0) is 0 Å². The van der Waals surface area contributed by atoms with Crippen molar-refractivity contribution in [3.8, 4) is 0 Å². The summed E-state index contributed by atoms with van der Waals surface area (Å²) >= 11 is 37.2. The maximum Gasteiger partial charge on any atom is 0.252 e. The molecule has 0 N–H and O–H groups in total. The second kappa shape index (κ2) is 3.56. The highest BCUT2D eigenvalue weighted by Crippen LogP contribution is 2.78. The summed E-state index contributed by atoms with van der Waals surface area (Å²) in [5.74, 6) is -4.33. The van der Waals surface area contributed by atoms with Crippen molar-refractivity contribution in [3.63, 3.8) is 0 Å². The van der Waals surface area contributed by atoms with Crippen LogP contribution in [0.2, 0.25) is 0 Å². The number of hydrogen-bond donors (Lipinski definition) is 0. The lowest BCUT2D eigenvalue weighted by Gasteiger charge is -2.33. The van der Waals surface area contributed by atoms with Gasteiger partial charge in [-0.2, -0.15) is 0 Å². The summed E-state index contributed by atoms with van der Waals surface area (Å²) in [5, 5.41) is 0.0517. The van der Waals surface area contributed by atoms with Crippen molar-refractivity contribution in [2.45, 2.75) is 32.8 Å².